The average molecular weight is 455 g/mol. The Balaban J connectivity index is 1.56. The third-order valence-corrected chi connectivity index (χ3v) is 5.32. The van der Waals surface area contributed by atoms with Crippen molar-refractivity contribution < 1.29 is 22.7 Å². The highest BCUT2D eigenvalue weighted by molar-refractivity contribution is 5.97. The zero-order valence-electron chi connectivity index (χ0n) is 17.6. The van der Waals surface area contributed by atoms with E-state index in [1.54, 1.807) is 19.2 Å². The number of hydrogen-bond donors (Lipinski definition) is 2. The predicted octanol–water partition coefficient (Wildman–Crippen LogP) is 4.34. The molecule has 0 saturated heterocycles. The maximum atomic E-state index is 13.2. The van der Waals surface area contributed by atoms with Gasteiger partial charge < -0.3 is 15.0 Å². The first kappa shape index (κ1) is 22.2. The number of methoxy groups -OCH3 is 1. The highest BCUT2D eigenvalue weighted by Gasteiger charge is 2.32. The molecule has 0 radical (unpaired) electrons. The molecule has 3 aromatic carbocycles. The number of carbonyl (C=O) groups is 1. The Hall–Kier alpha value is -4.01. The van der Waals surface area contributed by atoms with Gasteiger partial charge in [0.25, 0.3) is 5.91 Å². The highest BCUT2D eigenvalue weighted by Crippen LogP contribution is 2.31. The number of ether oxygens (including phenoxy) is 1. The molecule has 0 saturated carbocycles. The second kappa shape index (κ2) is 8.85. The summed E-state index contributed by atoms with van der Waals surface area (Å²) in [6.07, 6.45) is -4.51. The zero-order valence-corrected chi connectivity index (χ0v) is 17.6. The van der Waals surface area contributed by atoms with Crippen LogP contribution in [0, 0.1) is 0 Å². The van der Waals surface area contributed by atoms with E-state index < -0.39 is 17.6 Å². The normalized spacial score (nSPS) is 11.5. The van der Waals surface area contributed by atoms with E-state index in [-0.39, 0.29) is 29.9 Å². The summed E-state index contributed by atoms with van der Waals surface area (Å²) in [5.41, 5.74) is 0.885. The lowest BCUT2D eigenvalue weighted by Gasteiger charge is -2.13. The van der Waals surface area contributed by atoms with Gasteiger partial charge >= 0.3 is 11.9 Å². The minimum atomic E-state index is -4.51. The van der Waals surface area contributed by atoms with Gasteiger partial charge in [-0.15, -0.1) is 0 Å². The van der Waals surface area contributed by atoms with E-state index >= 15 is 0 Å². The first-order valence-corrected chi connectivity index (χ1v) is 10.1. The van der Waals surface area contributed by atoms with Crippen LogP contribution in [0.4, 0.5) is 13.2 Å². The van der Waals surface area contributed by atoms with Crippen LogP contribution in [-0.2, 0) is 19.3 Å². The van der Waals surface area contributed by atoms with Gasteiger partial charge in [0, 0.05) is 17.7 Å². The number of hydrogen-bond acceptors (Lipinski definition) is 3. The van der Waals surface area contributed by atoms with Crippen LogP contribution in [0.25, 0.3) is 11.0 Å². The van der Waals surface area contributed by atoms with Gasteiger partial charge in [-0.1, -0.05) is 36.4 Å². The number of halogens is 3. The fourth-order valence-corrected chi connectivity index (χ4v) is 3.69. The van der Waals surface area contributed by atoms with Crippen molar-refractivity contribution in [3.63, 3.8) is 0 Å². The number of H-pyrrole nitrogens is 1. The van der Waals surface area contributed by atoms with E-state index in [0.717, 1.165) is 11.6 Å². The molecule has 33 heavy (non-hydrogen) atoms. The van der Waals surface area contributed by atoms with Crippen molar-refractivity contribution in [2.45, 2.75) is 19.3 Å². The third-order valence-electron chi connectivity index (χ3n) is 5.32. The molecule has 0 aliphatic rings. The largest absolute Gasteiger partial charge is 0.496 e. The Kier molecular flexibility index (Phi) is 5.95. The summed E-state index contributed by atoms with van der Waals surface area (Å²) < 4.78 is 46.3. The lowest BCUT2D eigenvalue weighted by molar-refractivity contribution is -0.138. The highest BCUT2D eigenvalue weighted by atomic mass is 19.4. The summed E-state index contributed by atoms with van der Waals surface area (Å²) in [6, 6.07) is 17.1. The molecular weight excluding hydrogens is 435 g/mol. The molecule has 1 amide bonds. The molecule has 4 rings (SSSR count). The van der Waals surface area contributed by atoms with Crippen LogP contribution in [0.2, 0.25) is 0 Å². The number of aromatic amines is 1. The van der Waals surface area contributed by atoms with Crippen LogP contribution in [0.3, 0.4) is 0 Å². The van der Waals surface area contributed by atoms with Crippen LogP contribution >= 0.6 is 0 Å². The number of nitrogens with one attached hydrogen (secondary N) is 2. The number of rotatable bonds is 6. The number of benzene rings is 3. The fraction of sp³-hybridized carbons (Fsp3) is 0.167. The number of carbonyl (C=O) groups excluding carboxylic acids is 1. The van der Waals surface area contributed by atoms with Gasteiger partial charge in [-0.25, -0.2) is 4.79 Å². The van der Waals surface area contributed by atoms with Gasteiger partial charge in [-0.2, -0.15) is 13.2 Å². The van der Waals surface area contributed by atoms with Gasteiger partial charge in [0.15, 0.2) is 0 Å². The first-order valence-electron chi connectivity index (χ1n) is 10.1. The van der Waals surface area contributed by atoms with Gasteiger partial charge in [0.1, 0.15) is 5.75 Å². The Morgan fingerprint density at radius 3 is 2.45 bits per heavy atom. The first-order chi connectivity index (χ1) is 15.8. The van der Waals surface area contributed by atoms with Crippen LogP contribution in [0.1, 0.15) is 27.0 Å². The Morgan fingerprint density at radius 1 is 1.03 bits per heavy atom. The van der Waals surface area contributed by atoms with Crippen molar-refractivity contribution in [2.75, 3.05) is 7.11 Å². The van der Waals surface area contributed by atoms with E-state index in [1.165, 1.54) is 34.9 Å². The number of fused-ring (bicyclic) bond motifs is 1. The number of nitrogens with zero attached hydrogens (tertiary/aromatic N) is 1. The lowest BCUT2D eigenvalue weighted by Crippen LogP contribution is -2.24. The van der Waals surface area contributed by atoms with Crippen molar-refractivity contribution in [3.8, 4) is 5.75 Å². The topological polar surface area (TPSA) is 76.1 Å². The lowest BCUT2D eigenvalue weighted by atomic mass is 10.1. The minimum Gasteiger partial charge on any atom is -0.496 e. The third kappa shape index (κ3) is 4.62. The average Bonchev–Trinajstić information content (AvgIpc) is 3.11. The fourth-order valence-electron chi connectivity index (χ4n) is 3.69. The number of imidazole rings is 1. The molecule has 0 fully saturated rings. The zero-order chi connectivity index (χ0) is 23.6. The number of amides is 1. The molecule has 1 aromatic heterocycles. The summed E-state index contributed by atoms with van der Waals surface area (Å²) in [5.74, 6) is 0.0982. The number of aromatic nitrogens is 2. The van der Waals surface area contributed by atoms with Crippen molar-refractivity contribution in [3.05, 3.63) is 99.5 Å². The molecule has 2 N–H and O–H groups in total. The van der Waals surface area contributed by atoms with Crippen LogP contribution in [0.5, 0.6) is 5.75 Å². The standard InChI is InChI=1S/C24H20F3N3O3/c1-33-21-9-5-3-7-17(21)14-30-20-11-10-15(12-19(20)29-23(30)32)22(31)28-13-16-6-2-4-8-18(16)24(25,26)27/h2-12H,13-14H2,1H3,(H,28,31)(H,29,32). The van der Waals surface area contributed by atoms with Crippen molar-refractivity contribution in [1.29, 1.82) is 0 Å². The Bertz CT molecular complexity index is 1370. The Morgan fingerprint density at radius 2 is 1.73 bits per heavy atom. The minimum absolute atomic E-state index is 0.0317. The summed E-state index contributed by atoms with van der Waals surface area (Å²) >= 11 is 0. The van der Waals surface area contributed by atoms with Crippen LogP contribution in [-0.4, -0.2) is 22.6 Å². The summed E-state index contributed by atoms with van der Waals surface area (Å²) in [7, 11) is 1.55. The monoisotopic (exact) mass is 455 g/mol. The molecule has 0 aliphatic carbocycles. The molecule has 0 bridgehead atoms. The van der Waals surface area contributed by atoms with E-state index in [2.05, 4.69) is 10.3 Å². The number of para-hydroxylation sites is 1. The molecule has 170 valence electrons. The molecule has 1 heterocycles. The van der Waals surface area contributed by atoms with E-state index in [4.69, 9.17) is 4.74 Å². The molecule has 0 atom stereocenters. The summed E-state index contributed by atoms with van der Waals surface area (Å²) in [4.78, 5) is 27.8. The quantitative estimate of drug-likeness (QED) is 0.454. The van der Waals surface area contributed by atoms with E-state index in [0.29, 0.717) is 16.8 Å². The van der Waals surface area contributed by atoms with Gasteiger partial charge in [0.2, 0.25) is 0 Å². The van der Waals surface area contributed by atoms with Crippen molar-refractivity contribution in [1.82, 2.24) is 14.9 Å². The smallest absolute Gasteiger partial charge is 0.416 e. The van der Waals surface area contributed by atoms with E-state index in [9.17, 15) is 22.8 Å². The van der Waals surface area contributed by atoms with Crippen LogP contribution < -0.4 is 15.7 Å². The van der Waals surface area contributed by atoms with Gasteiger partial charge in [0.05, 0.1) is 30.3 Å². The van der Waals surface area contributed by atoms with Crippen molar-refractivity contribution in [2.24, 2.45) is 0 Å². The van der Waals surface area contributed by atoms with Crippen LogP contribution in [0.15, 0.2) is 71.5 Å². The summed E-state index contributed by atoms with van der Waals surface area (Å²) in [5, 5.41) is 2.51. The van der Waals surface area contributed by atoms with Crippen molar-refractivity contribution >= 4 is 16.9 Å². The SMILES string of the molecule is COc1ccccc1Cn1c(=O)[nH]c2cc(C(=O)NCc3ccccc3C(F)(F)F)ccc21. The maximum Gasteiger partial charge on any atom is 0.416 e. The summed E-state index contributed by atoms with van der Waals surface area (Å²) in [6.45, 7) is -0.0134. The van der Waals surface area contributed by atoms with E-state index in [1.807, 2.05) is 18.2 Å². The molecule has 9 heteroatoms. The molecule has 6 nitrogen and oxygen atoms in total. The maximum absolute atomic E-state index is 13.2. The molecule has 0 spiro atoms. The molecule has 0 aliphatic heterocycles. The number of alkyl halides is 3. The molecule has 4 aromatic rings. The second-order valence-electron chi connectivity index (χ2n) is 7.40. The predicted molar refractivity (Wildman–Crippen MR) is 117 cm³/mol. The van der Waals surface area contributed by atoms with Gasteiger partial charge in [-0.05, 0) is 35.9 Å². The van der Waals surface area contributed by atoms with Gasteiger partial charge in [-0.3, -0.25) is 9.36 Å². The molecular formula is C24H20F3N3O3. The second-order valence-corrected chi connectivity index (χ2v) is 7.40. The molecule has 0 unspecified atom stereocenters. The Labute approximate surface area is 186 Å².